The highest BCUT2D eigenvalue weighted by Gasteiger charge is 2.21. The van der Waals surface area contributed by atoms with E-state index in [1.807, 2.05) is 12.3 Å². The van der Waals surface area contributed by atoms with Gasteiger partial charge in [0.25, 0.3) is 0 Å². The summed E-state index contributed by atoms with van der Waals surface area (Å²) >= 11 is 3.07. The molecule has 7 heteroatoms. The van der Waals surface area contributed by atoms with Crippen molar-refractivity contribution in [2.45, 2.75) is 25.8 Å². The van der Waals surface area contributed by atoms with E-state index >= 15 is 0 Å². The maximum Gasteiger partial charge on any atom is 0.149 e. The van der Waals surface area contributed by atoms with Gasteiger partial charge in [0.05, 0.1) is 5.56 Å². The number of nitrogens with zero attached hydrogens (tertiary/aromatic N) is 3. The van der Waals surface area contributed by atoms with E-state index in [1.54, 1.807) is 11.3 Å². The molecule has 0 radical (unpaired) electrons. The molecule has 0 bridgehead atoms. The Hall–Kier alpha value is -1.18. The first-order valence-corrected chi connectivity index (χ1v) is 8.41. The van der Waals surface area contributed by atoms with Gasteiger partial charge in [0.2, 0.25) is 0 Å². The van der Waals surface area contributed by atoms with Crippen LogP contribution in [0.15, 0.2) is 5.38 Å². The molecule has 0 aliphatic carbocycles. The number of nitrogens with one attached hydrogen (secondary N) is 1. The number of aromatic nitrogens is 2. The smallest absolute Gasteiger partial charge is 0.149 e. The lowest BCUT2D eigenvalue weighted by Crippen LogP contribution is -2.36. The number of thiazole rings is 1. The van der Waals surface area contributed by atoms with Gasteiger partial charge in [0.1, 0.15) is 15.8 Å². The standard InChI is InChI=1S/C13H19N5S2/c1-8-7-19-12(15-8)10-11(14)17-20-13(10)16-9-3-5-18(2)6-4-9/h7,9,16H,3-6H2,1-2H3,(H2,14,17). The summed E-state index contributed by atoms with van der Waals surface area (Å²) in [6.45, 7) is 4.27. The maximum absolute atomic E-state index is 6.03. The molecule has 108 valence electrons. The van der Waals surface area contributed by atoms with Crippen molar-refractivity contribution in [2.75, 3.05) is 31.2 Å². The van der Waals surface area contributed by atoms with Crippen LogP contribution in [0.2, 0.25) is 0 Å². The van der Waals surface area contributed by atoms with Gasteiger partial charge in [-0.1, -0.05) is 0 Å². The van der Waals surface area contributed by atoms with Gasteiger partial charge in [0.15, 0.2) is 0 Å². The summed E-state index contributed by atoms with van der Waals surface area (Å²) in [7, 11) is 2.17. The fraction of sp³-hybridized carbons (Fsp3) is 0.538. The highest BCUT2D eigenvalue weighted by Crippen LogP contribution is 2.39. The van der Waals surface area contributed by atoms with Crippen molar-refractivity contribution in [3.8, 4) is 10.6 Å². The molecule has 0 unspecified atom stereocenters. The molecule has 0 atom stereocenters. The second-order valence-corrected chi connectivity index (χ2v) is 6.92. The van der Waals surface area contributed by atoms with Gasteiger partial charge in [-0.2, -0.15) is 4.37 Å². The van der Waals surface area contributed by atoms with Crippen molar-refractivity contribution in [1.82, 2.24) is 14.3 Å². The number of anilines is 2. The molecule has 0 amide bonds. The van der Waals surface area contributed by atoms with Gasteiger partial charge >= 0.3 is 0 Å². The topological polar surface area (TPSA) is 67.1 Å². The Morgan fingerprint density at radius 3 is 2.80 bits per heavy atom. The van der Waals surface area contributed by atoms with Crippen LogP contribution in [-0.4, -0.2) is 40.4 Å². The zero-order valence-electron chi connectivity index (χ0n) is 11.7. The van der Waals surface area contributed by atoms with Crippen LogP contribution in [0.3, 0.4) is 0 Å². The zero-order valence-corrected chi connectivity index (χ0v) is 13.4. The maximum atomic E-state index is 6.03. The Balaban J connectivity index is 1.80. The highest BCUT2D eigenvalue weighted by atomic mass is 32.1. The highest BCUT2D eigenvalue weighted by molar-refractivity contribution is 7.15. The number of rotatable bonds is 3. The van der Waals surface area contributed by atoms with Gasteiger partial charge in [-0.25, -0.2) is 4.98 Å². The van der Waals surface area contributed by atoms with Crippen LogP contribution in [0.4, 0.5) is 10.8 Å². The van der Waals surface area contributed by atoms with E-state index in [-0.39, 0.29) is 0 Å². The summed E-state index contributed by atoms with van der Waals surface area (Å²) in [4.78, 5) is 6.90. The minimum atomic E-state index is 0.505. The van der Waals surface area contributed by atoms with Gasteiger partial charge < -0.3 is 16.0 Å². The SMILES string of the molecule is Cc1csc(-c2c(N)nsc2NC2CCN(C)CC2)n1. The minimum absolute atomic E-state index is 0.505. The van der Waals surface area contributed by atoms with E-state index in [9.17, 15) is 0 Å². The van der Waals surface area contributed by atoms with Crippen molar-refractivity contribution in [3.63, 3.8) is 0 Å². The van der Waals surface area contributed by atoms with Crippen molar-refractivity contribution in [1.29, 1.82) is 0 Å². The minimum Gasteiger partial charge on any atom is -0.382 e. The van der Waals surface area contributed by atoms with E-state index < -0.39 is 0 Å². The van der Waals surface area contributed by atoms with E-state index in [2.05, 4.69) is 26.6 Å². The molecule has 3 N–H and O–H groups in total. The zero-order chi connectivity index (χ0) is 14.1. The number of hydrogen-bond donors (Lipinski definition) is 2. The van der Waals surface area contributed by atoms with Crippen molar-refractivity contribution < 1.29 is 0 Å². The number of hydrogen-bond acceptors (Lipinski definition) is 7. The first-order chi connectivity index (χ1) is 9.63. The normalized spacial score (nSPS) is 17.5. The average Bonchev–Trinajstić information content (AvgIpc) is 2.99. The first kappa shape index (κ1) is 13.8. The summed E-state index contributed by atoms with van der Waals surface area (Å²) < 4.78 is 4.30. The van der Waals surface area contributed by atoms with Crippen LogP contribution >= 0.6 is 22.9 Å². The molecular formula is C13H19N5S2. The van der Waals surface area contributed by atoms with E-state index in [0.717, 1.165) is 47.2 Å². The predicted octanol–water partition coefficient (Wildman–Crippen LogP) is 2.66. The third-order valence-corrected chi connectivity index (χ3v) is 5.38. The fourth-order valence-corrected chi connectivity index (χ4v) is 4.13. The fourth-order valence-electron chi connectivity index (χ4n) is 2.41. The lowest BCUT2D eigenvalue weighted by molar-refractivity contribution is 0.264. The van der Waals surface area contributed by atoms with E-state index in [1.165, 1.54) is 11.5 Å². The van der Waals surface area contributed by atoms with Crippen LogP contribution in [0.5, 0.6) is 0 Å². The monoisotopic (exact) mass is 309 g/mol. The number of likely N-dealkylation sites (tertiary alicyclic amines) is 1. The number of nitrogens with two attached hydrogens (primary N) is 1. The lowest BCUT2D eigenvalue weighted by atomic mass is 10.1. The Morgan fingerprint density at radius 2 is 2.15 bits per heavy atom. The third-order valence-electron chi connectivity index (χ3n) is 3.61. The van der Waals surface area contributed by atoms with Crippen LogP contribution < -0.4 is 11.1 Å². The Kier molecular flexibility index (Phi) is 3.91. The molecule has 3 rings (SSSR count). The van der Waals surface area contributed by atoms with E-state index in [0.29, 0.717) is 11.9 Å². The van der Waals surface area contributed by atoms with Crippen molar-refractivity contribution >= 4 is 33.7 Å². The molecule has 1 aliphatic rings. The number of nitrogen functional groups attached to an aromatic ring is 1. The van der Waals surface area contributed by atoms with Gasteiger partial charge in [-0.05, 0) is 51.4 Å². The molecule has 1 saturated heterocycles. The quantitative estimate of drug-likeness (QED) is 0.912. The van der Waals surface area contributed by atoms with Crippen LogP contribution in [0.25, 0.3) is 10.6 Å². The summed E-state index contributed by atoms with van der Waals surface area (Å²) in [6, 6.07) is 0.505. The van der Waals surface area contributed by atoms with E-state index in [4.69, 9.17) is 5.73 Å². The summed E-state index contributed by atoms with van der Waals surface area (Å²) in [5.41, 5.74) is 8.03. The van der Waals surface area contributed by atoms with Crippen LogP contribution in [0.1, 0.15) is 18.5 Å². The molecule has 1 fully saturated rings. The van der Waals surface area contributed by atoms with Gasteiger partial charge in [0, 0.05) is 17.1 Å². The molecule has 0 aromatic carbocycles. The summed E-state index contributed by atoms with van der Waals surface area (Å²) in [5.74, 6) is 0.583. The molecule has 1 aliphatic heterocycles. The molecule has 2 aromatic rings. The van der Waals surface area contributed by atoms with Crippen molar-refractivity contribution in [3.05, 3.63) is 11.1 Å². The molecule has 20 heavy (non-hydrogen) atoms. The molecule has 3 heterocycles. The Labute approximate surface area is 127 Å². The van der Waals surface area contributed by atoms with Crippen LogP contribution in [0, 0.1) is 6.92 Å². The molecule has 0 spiro atoms. The Morgan fingerprint density at radius 1 is 1.40 bits per heavy atom. The first-order valence-electron chi connectivity index (χ1n) is 6.76. The second-order valence-electron chi connectivity index (χ2n) is 5.29. The molecular weight excluding hydrogens is 290 g/mol. The summed E-state index contributed by atoms with van der Waals surface area (Å²) in [6.07, 6.45) is 2.31. The average molecular weight is 309 g/mol. The number of piperidine rings is 1. The van der Waals surface area contributed by atoms with Gasteiger partial charge in [-0.15, -0.1) is 11.3 Å². The molecule has 0 saturated carbocycles. The molecule has 2 aromatic heterocycles. The van der Waals surface area contributed by atoms with Gasteiger partial charge in [-0.3, -0.25) is 0 Å². The molecule has 5 nitrogen and oxygen atoms in total. The largest absolute Gasteiger partial charge is 0.382 e. The van der Waals surface area contributed by atoms with Crippen LogP contribution in [-0.2, 0) is 0 Å². The second kappa shape index (κ2) is 5.67. The predicted molar refractivity (Wildman–Crippen MR) is 86.5 cm³/mol. The van der Waals surface area contributed by atoms with Crippen molar-refractivity contribution in [2.24, 2.45) is 0 Å². The lowest BCUT2D eigenvalue weighted by Gasteiger charge is -2.29. The third kappa shape index (κ3) is 2.79. The number of aryl methyl sites for hydroxylation is 1. The summed E-state index contributed by atoms with van der Waals surface area (Å²) in [5, 5.41) is 7.69. The Bertz CT molecular complexity index is 583.